The van der Waals surface area contributed by atoms with Crippen LogP contribution in [0.15, 0.2) is 28.1 Å². The third-order valence-corrected chi connectivity index (χ3v) is 3.25. The summed E-state index contributed by atoms with van der Waals surface area (Å²) < 4.78 is 4.17. The van der Waals surface area contributed by atoms with Gasteiger partial charge in [0.15, 0.2) is 5.69 Å². The molecular weight excluding hydrogens is 322 g/mol. The summed E-state index contributed by atoms with van der Waals surface area (Å²) in [4.78, 5) is 22.6. The number of carbonyl (C=O) groups excluding carboxylic acids is 1. The van der Waals surface area contributed by atoms with Gasteiger partial charge < -0.3 is 10.4 Å². The van der Waals surface area contributed by atoms with Crippen molar-refractivity contribution in [3.05, 3.63) is 39.3 Å². The maximum absolute atomic E-state index is 11.7. The number of carboxylic acid groups (broad SMARTS) is 1. The lowest BCUT2D eigenvalue weighted by molar-refractivity contribution is 0.0696. The molecule has 0 spiro atoms. The number of amides is 1. The van der Waals surface area contributed by atoms with Crippen LogP contribution in [0.4, 0.5) is 5.69 Å². The van der Waals surface area contributed by atoms with E-state index in [2.05, 4.69) is 30.8 Å². The standard InChI is InChI=1S/C10H6BrN3O3S/c11-6-2-1-5(10(16)17)3-7(6)12-9(15)8-4-18-14-13-8/h1-4H,(H,12,15)(H,16,17). The largest absolute Gasteiger partial charge is 0.478 e. The molecule has 2 aromatic rings. The Hall–Kier alpha value is -1.80. The predicted molar refractivity (Wildman–Crippen MR) is 69.0 cm³/mol. The average molecular weight is 328 g/mol. The number of benzene rings is 1. The van der Waals surface area contributed by atoms with Crippen molar-refractivity contribution < 1.29 is 14.7 Å². The van der Waals surface area contributed by atoms with E-state index in [1.54, 1.807) is 6.07 Å². The molecule has 1 amide bonds. The number of aromatic carboxylic acids is 1. The summed E-state index contributed by atoms with van der Waals surface area (Å²) in [6.45, 7) is 0. The van der Waals surface area contributed by atoms with Crippen molar-refractivity contribution in [1.29, 1.82) is 0 Å². The summed E-state index contributed by atoms with van der Waals surface area (Å²) in [5, 5.41) is 16.6. The molecule has 1 heterocycles. The summed E-state index contributed by atoms with van der Waals surface area (Å²) in [6.07, 6.45) is 0. The van der Waals surface area contributed by atoms with Gasteiger partial charge in [-0.25, -0.2) is 4.79 Å². The molecule has 0 atom stereocenters. The topological polar surface area (TPSA) is 92.2 Å². The van der Waals surface area contributed by atoms with Gasteiger partial charge in [-0.15, -0.1) is 5.10 Å². The van der Waals surface area contributed by atoms with Crippen LogP contribution in [0.3, 0.4) is 0 Å². The van der Waals surface area contributed by atoms with E-state index in [0.29, 0.717) is 10.2 Å². The molecule has 0 saturated carbocycles. The number of hydrogen-bond donors (Lipinski definition) is 2. The van der Waals surface area contributed by atoms with E-state index in [1.165, 1.54) is 17.5 Å². The second-order valence-corrected chi connectivity index (χ2v) is 4.71. The molecule has 0 aliphatic rings. The van der Waals surface area contributed by atoms with E-state index >= 15 is 0 Å². The number of aromatic nitrogens is 2. The van der Waals surface area contributed by atoms with Crippen molar-refractivity contribution in [1.82, 2.24) is 9.59 Å². The molecule has 0 saturated heterocycles. The molecule has 6 nitrogen and oxygen atoms in total. The number of hydrogen-bond acceptors (Lipinski definition) is 5. The zero-order chi connectivity index (χ0) is 13.1. The summed E-state index contributed by atoms with van der Waals surface area (Å²) in [5.74, 6) is -1.50. The number of nitrogens with one attached hydrogen (secondary N) is 1. The molecule has 0 aliphatic carbocycles. The maximum atomic E-state index is 11.7. The van der Waals surface area contributed by atoms with Crippen molar-refractivity contribution in [3.8, 4) is 0 Å². The van der Waals surface area contributed by atoms with Gasteiger partial charge in [-0.05, 0) is 45.7 Å². The van der Waals surface area contributed by atoms with Gasteiger partial charge in [0.2, 0.25) is 0 Å². The minimum absolute atomic E-state index is 0.0879. The van der Waals surface area contributed by atoms with Crippen LogP contribution in [0.1, 0.15) is 20.8 Å². The molecule has 0 unspecified atom stereocenters. The number of carboxylic acids is 1. The SMILES string of the molecule is O=C(O)c1ccc(Br)c(NC(=O)c2csnn2)c1. The van der Waals surface area contributed by atoms with E-state index < -0.39 is 11.9 Å². The van der Waals surface area contributed by atoms with Crippen molar-refractivity contribution in [2.24, 2.45) is 0 Å². The normalized spacial score (nSPS) is 10.1. The number of nitrogens with zero attached hydrogens (tertiary/aromatic N) is 2. The Kier molecular flexibility index (Phi) is 3.68. The van der Waals surface area contributed by atoms with Crippen molar-refractivity contribution >= 4 is 45.0 Å². The first-order valence-electron chi connectivity index (χ1n) is 4.69. The molecular formula is C10H6BrN3O3S. The monoisotopic (exact) mass is 327 g/mol. The molecule has 0 radical (unpaired) electrons. The molecule has 8 heteroatoms. The van der Waals surface area contributed by atoms with Crippen LogP contribution >= 0.6 is 27.5 Å². The van der Waals surface area contributed by atoms with E-state index in [9.17, 15) is 9.59 Å². The zero-order valence-corrected chi connectivity index (χ0v) is 11.2. The number of halogens is 1. The average Bonchev–Trinajstić information content (AvgIpc) is 2.85. The first kappa shape index (κ1) is 12.7. The van der Waals surface area contributed by atoms with Gasteiger partial charge in [-0.3, -0.25) is 4.79 Å². The van der Waals surface area contributed by atoms with Gasteiger partial charge in [-0.2, -0.15) is 0 Å². The maximum Gasteiger partial charge on any atom is 0.335 e. The van der Waals surface area contributed by atoms with Gasteiger partial charge in [0, 0.05) is 9.85 Å². The molecule has 0 aliphatic heterocycles. The Morgan fingerprint density at radius 1 is 1.39 bits per heavy atom. The van der Waals surface area contributed by atoms with Crippen molar-refractivity contribution in [2.45, 2.75) is 0 Å². The minimum Gasteiger partial charge on any atom is -0.478 e. The predicted octanol–water partition coefficient (Wildman–Crippen LogP) is 2.25. The summed E-state index contributed by atoms with van der Waals surface area (Å²) in [5.41, 5.74) is 0.644. The lowest BCUT2D eigenvalue weighted by atomic mass is 10.2. The van der Waals surface area contributed by atoms with Gasteiger partial charge in [0.25, 0.3) is 5.91 Å². The quantitative estimate of drug-likeness (QED) is 0.901. The van der Waals surface area contributed by atoms with Crippen molar-refractivity contribution in [3.63, 3.8) is 0 Å². The third-order valence-electron chi connectivity index (χ3n) is 2.05. The molecule has 1 aromatic carbocycles. The summed E-state index contributed by atoms with van der Waals surface area (Å²) >= 11 is 4.29. The highest BCUT2D eigenvalue weighted by molar-refractivity contribution is 9.10. The fourth-order valence-electron chi connectivity index (χ4n) is 1.20. The highest BCUT2D eigenvalue weighted by atomic mass is 79.9. The van der Waals surface area contributed by atoms with Crippen LogP contribution in [0.2, 0.25) is 0 Å². The highest BCUT2D eigenvalue weighted by Crippen LogP contribution is 2.24. The van der Waals surface area contributed by atoms with Crippen LogP contribution in [0.25, 0.3) is 0 Å². The molecule has 0 bridgehead atoms. The van der Waals surface area contributed by atoms with Gasteiger partial charge in [-0.1, -0.05) is 4.49 Å². The van der Waals surface area contributed by atoms with Crippen LogP contribution in [0, 0.1) is 0 Å². The van der Waals surface area contributed by atoms with Crippen LogP contribution in [-0.4, -0.2) is 26.6 Å². The lowest BCUT2D eigenvalue weighted by Crippen LogP contribution is -2.13. The van der Waals surface area contributed by atoms with E-state index in [1.807, 2.05) is 0 Å². The number of carbonyl (C=O) groups is 2. The smallest absolute Gasteiger partial charge is 0.335 e. The second kappa shape index (κ2) is 5.23. The molecule has 2 N–H and O–H groups in total. The van der Waals surface area contributed by atoms with Crippen molar-refractivity contribution in [2.75, 3.05) is 5.32 Å². The molecule has 18 heavy (non-hydrogen) atoms. The Morgan fingerprint density at radius 2 is 2.17 bits per heavy atom. The molecule has 0 fully saturated rings. The fourth-order valence-corrected chi connectivity index (χ4v) is 1.99. The highest BCUT2D eigenvalue weighted by Gasteiger charge is 2.12. The zero-order valence-electron chi connectivity index (χ0n) is 8.75. The Bertz CT molecular complexity index is 600. The fraction of sp³-hybridized carbons (Fsp3) is 0. The number of rotatable bonds is 3. The molecule has 92 valence electrons. The van der Waals surface area contributed by atoms with Gasteiger partial charge in [0.05, 0.1) is 11.3 Å². The summed E-state index contributed by atoms with van der Waals surface area (Å²) in [6, 6.07) is 4.36. The first-order valence-corrected chi connectivity index (χ1v) is 6.32. The molecule has 2 rings (SSSR count). The van der Waals surface area contributed by atoms with E-state index in [4.69, 9.17) is 5.11 Å². The van der Waals surface area contributed by atoms with Crippen LogP contribution < -0.4 is 5.32 Å². The van der Waals surface area contributed by atoms with Gasteiger partial charge >= 0.3 is 5.97 Å². The number of anilines is 1. The van der Waals surface area contributed by atoms with Gasteiger partial charge in [0.1, 0.15) is 0 Å². The Labute approximate surface area is 114 Å². The lowest BCUT2D eigenvalue weighted by Gasteiger charge is -2.06. The third kappa shape index (κ3) is 2.71. The van der Waals surface area contributed by atoms with E-state index in [0.717, 1.165) is 11.5 Å². The first-order chi connectivity index (χ1) is 8.58. The van der Waals surface area contributed by atoms with E-state index in [-0.39, 0.29) is 11.3 Å². The van der Waals surface area contributed by atoms with Crippen LogP contribution in [-0.2, 0) is 0 Å². The second-order valence-electron chi connectivity index (χ2n) is 3.24. The Balaban J connectivity index is 2.26. The minimum atomic E-state index is -1.06. The van der Waals surface area contributed by atoms with Crippen LogP contribution in [0.5, 0.6) is 0 Å². The molecule has 1 aromatic heterocycles. The summed E-state index contributed by atoms with van der Waals surface area (Å²) in [7, 11) is 0. The Morgan fingerprint density at radius 3 is 2.78 bits per heavy atom.